The average Bonchev–Trinajstić information content (AvgIpc) is 2.74. The topological polar surface area (TPSA) is 73.0 Å². The molecule has 0 aliphatic carbocycles. The van der Waals surface area contributed by atoms with Gasteiger partial charge in [-0.25, -0.2) is 4.98 Å². The molecule has 0 fully saturated rings. The molecule has 1 N–H and O–H groups in total. The zero-order chi connectivity index (χ0) is 13.8. The maximum absolute atomic E-state index is 10.8. The minimum Gasteiger partial charge on any atom is -0.384 e. The molecule has 2 rings (SSSR count). The van der Waals surface area contributed by atoms with Gasteiger partial charge in [0.05, 0.1) is 4.92 Å². The van der Waals surface area contributed by atoms with Crippen molar-refractivity contribution < 1.29 is 4.92 Å². The number of nitrogens with one attached hydrogen (secondary N) is 1. The molecule has 1 aromatic carbocycles. The lowest BCUT2D eigenvalue weighted by atomic mass is 10.2. The van der Waals surface area contributed by atoms with Crippen LogP contribution in [0.25, 0.3) is 0 Å². The Labute approximate surface area is 111 Å². The van der Waals surface area contributed by atoms with Gasteiger partial charge in [-0.15, -0.1) is 0 Å². The Morgan fingerprint density at radius 1 is 1.42 bits per heavy atom. The first-order valence-corrected chi connectivity index (χ1v) is 6.02. The molecular formula is C13H16N4O2. The third-order valence-electron chi connectivity index (χ3n) is 2.87. The molecule has 6 nitrogen and oxygen atoms in total. The normalized spacial score (nSPS) is 10.4. The maximum atomic E-state index is 10.8. The molecule has 0 saturated carbocycles. The van der Waals surface area contributed by atoms with Gasteiger partial charge in [0.25, 0.3) is 5.69 Å². The number of imidazole rings is 1. The van der Waals surface area contributed by atoms with E-state index in [1.807, 2.05) is 30.8 Å². The summed E-state index contributed by atoms with van der Waals surface area (Å²) in [5.41, 5.74) is 1.74. The van der Waals surface area contributed by atoms with Crippen molar-refractivity contribution in [1.82, 2.24) is 9.55 Å². The second kappa shape index (κ2) is 5.51. The Kier molecular flexibility index (Phi) is 3.79. The number of nitro benzene ring substituents is 1. The Morgan fingerprint density at radius 3 is 2.84 bits per heavy atom. The minimum absolute atomic E-state index is 0.111. The molecule has 0 atom stereocenters. The van der Waals surface area contributed by atoms with Gasteiger partial charge in [-0.3, -0.25) is 10.1 Å². The third-order valence-corrected chi connectivity index (χ3v) is 2.87. The Hall–Kier alpha value is -2.37. The summed E-state index contributed by atoms with van der Waals surface area (Å²) < 4.78 is 1.96. The van der Waals surface area contributed by atoms with Crippen LogP contribution in [0.5, 0.6) is 0 Å². The van der Waals surface area contributed by atoms with E-state index >= 15 is 0 Å². The van der Waals surface area contributed by atoms with Gasteiger partial charge < -0.3 is 9.88 Å². The van der Waals surface area contributed by atoms with Gasteiger partial charge in [0.1, 0.15) is 5.82 Å². The van der Waals surface area contributed by atoms with Crippen LogP contribution in [0.15, 0.2) is 30.6 Å². The lowest BCUT2D eigenvalue weighted by Crippen LogP contribution is -2.08. The Balaban J connectivity index is 2.00. The number of hydrogen-bond donors (Lipinski definition) is 1. The number of nitro groups is 1. The monoisotopic (exact) mass is 260 g/mol. The fourth-order valence-electron chi connectivity index (χ4n) is 1.93. The summed E-state index contributed by atoms with van der Waals surface area (Å²) in [5.74, 6) is 0.981. The summed E-state index contributed by atoms with van der Waals surface area (Å²) >= 11 is 0. The van der Waals surface area contributed by atoms with Crippen molar-refractivity contribution in [3.8, 4) is 0 Å². The third kappa shape index (κ3) is 3.31. The largest absolute Gasteiger partial charge is 0.384 e. The minimum atomic E-state index is -0.378. The highest BCUT2D eigenvalue weighted by atomic mass is 16.6. The van der Waals surface area contributed by atoms with Gasteiger partial charge in [0, 0.05) is 50.2 Å². The molecule has 1 heterocycles. The average molecular weight is 260 g/mol. The number of aromatic nitrogens is 2. The molecule has 0 saturated heterocycles. The predicted octanol–water partition coefficient (Wildman–Crippen LogP) is 2.29. The van der Waals surface area contributed by atoms with Crippen molar-refractivity contribution in [1.29, 1.82) is 0 Å². The van der Waals surface area contributed by atoms with Crippen LogP contribution in [-0.2, 0) is 13.5 Å². The van der Waals surface area contributed by atoms with Crippen molar-refractivity contribution >= 4 is 11.4 Å². The van der Waals surface area contributed by atoms with Crippen LogP contribution in [0.4, 0.5) is 11.4 Å². The van der Waals surface area contributed by atoms with E-state index in [0.717, 1.165) is 23.5 Å². The van der Waals surface area contributed by atoms with Crippen molar-refractivity contribution in [2.24, 2.45) is 7.05 Å². The summed E-state index contributed by atoms with van der Waals surface area (Å²) in [5, 5.41) is 14.0. The second-order valence-electron chi connectivity index (χ2n) is 4.45. The smallest absolute Gasteiger partial charge is 0.271 e. The molecular weight excluding hydrogens is 244 g/mol. The molecule has 19 heavy (non-hydrogen) atoms. The van der Waals surface area contributed by atoms with Gasteiger partial charge in [-0.1, -0.05) is 0 Å². The number of non-ortho nitro benzene ring substituents is 1. The van der Waals surface area contributed by atoms with Gasteiger partial charge in [0.15, 0.2) is 0 Å². The van der Waals surface area contributed by atoms with Gasteiger partial charge in [-0.05, 0) is 18.6 Å². The number of nitrogens with zero attached hydrogens (tertiary/aromatic N) is 3. The molecule has 100 valence electrons. The summed E-state index contributed by atoms with van der Waals surface area (Å²) in [6.07, 6.45) is 4.42. The molecule has 0 amide bonds. The van der Waals surface area contributed by atoms with Gasteiger partial charge >= 0.3 is 0 Å². The van der Waals surface area contributed by atoms with Crippen LogP contribution in [0.1, 0.15) is 11.4 Å². The van der Waals surface area contributed by atoms with Crippen LogP contribution in [0, 0.1) is 17.0 Å². The fraction of sp³-hybridized carbons (Fsp3) is 0.308. The first-order valence-electron chi connectivity index (χ1n) is 6.02. The number of anilines is 1. The highest BCUT2D eigenvalue weighted by Crippen LogP contribution is 2.20. The summed E-state index contributed by atoms with van der Waals surface area (Å²) in [6.45, 7) is 2.53. The first kappa shape index (κ1) is 13.1. The zero-order valence-electron chi connectivity index (χ0n) is 11.0. The number of benzene rings is 1. The van der Waals surface area contributed by atoms with Gasteiger partial charge in [0.2, 0.25) is 0 Å². The van der Waals surface area contributed by atoms with Crippen molar-refractivity contribution in [2.45, 2.75) is 13.3 Å². The van der Waals surface area contributed by atoms with E-state index in [4.69, 9.17) is 0 Å². The molecule has 0 aliphatic heterocycles. The fourth-order valence-corrected chi connectivity index (χ4v) is 1.93. The van der Waals surface area contributed by atoms with Crippen molar-refractivity contribution in [3.63, 3.8) is 0 Å². The summed E-state index contributed by atoms with van der Waals surface area (Å²) in [6, 6.07) is 5.00. The highest BCUT2D eigenvalue weighted by molar-refractivity contribution is 5.53. The zero-order valence-corrected chi connectivity index (χ0v) is 11.0. The van der Waals surface area contributed by atoms with Gasteiger partial charge in [-0.2, -0.15) is 0 Å². The quantitative estimate of drug-likeness (QED) is 0.661. The van der Waals surface area contributed by atoms with Crippen LogP contribution in [-0.4, -0.2) is 21.0 Å². The van der Waals surface area contributed by atoms with E-state index in [1.165, 1.54) is 0 Å². The Bertz CT molecular complexity index is 592. The lowest BCUT2D eigenvalue weighted by molar-refractivity contribution is -0.384. The molecule has 0 bridgehead atoms. The van der Waals surface area contributed by atoms with Crippen molar-refractivity contribution in [3.05, 3.63) is 52.1 Å². The van der Waals surface area contributed by atoms with Crippen molar-refractivity contribution in [2.75, 3.05) is 11.9 Å². The summed E-state index contributed by atoms with van der Waals surface area (Å²) in [7, 11) is 1.94. The van der Waals surface area contributed by atoms with E-state index in [1.54, 1.807) is 18.3 Å². The van der Waals surface area contributed by atoms with E-state index in [0.29, 0.717) is 6.54 Å². The van der Waals surface area contributed by atoms with Crippen LogP contribution in [0.3, 0.4) is 0 Å². The lowest BCUT2D eigenvalue weighted by Gasteiger charge is -2.07. The SMILES string of the molecule is Cc1cc(NCCc2nccn2C)cc([N+](=O)[O-])c1. The number of aryl methyl sites for hydroxylation is 2. The van der Waals surface area contributed by atoms with E-state index < -0.39 is 0 Å². The van der Waals surface area contributed by atoms with E-state index in [2.05, 4.69) is 10.3 Å². The standard InChI is InChI=1S/C13H16N4O2/c1-10-7-11(9-12(8-10)17(18)19)14-4-3-13-15-5-6-16(13)2/h5-9,14H,3-4H2,1-2H3. The first-order chi connectivity index (χ1) is 9.06. The summed E-state index contributed by atoms with van der Waals surface area (Å²) in [4.78, 5) is 14.6. The van der Waals surface area contributed by atoms with Crippen LogP contribution >= 0.6 is 0 Å². The molecule has 2 aromatic rings. The maximum Gasteiger partial charge on any atom is 0.271 e. The molecule has 0 spiro atoms. The number of rotatable bonds is 5. The Morgan fingerprint density at radius 2 is 2.21 bits per heavy atom. The molecule has 1 aromatic heterocycles. The van der Waals surface area contributed by atoms with Crippen LogP contribution in [0.2, 0.25) is 0 Å². The van der Waals surface area contributed by atoms with E-state index in [9.17, 15) is 10.1 Å². The predicted molar refractivity (Wildman–Crippen MR) is 73.2 cm³/mol. The second-order valence-corrected chi connectivity index (χ2v) is 4.45. The van der Waals surface area contributed by atoms with Crippen LogP contribution < -0.4 is 5.32 Å². The van der Waals surface area contributed by atoms with E-state index in [-0.39, 0.29) is 10.6 Å². The highest BCUT2D eigenvalue weighted by Gasteiger charge is 2.08. The molecule has 6 heteroatoms. The molecule has 0 radical (unpaired) electrons. The molecule has 0 unspecified atom stereocenters. The number of hydrogen-bond acceptors (Lipinski definition) is 4. The molecule has 0 aliphatic rings.